The van der Waals surface area contributed by atoms with Crippen LogP contribution in [-0.2, 0) is 4.79 Å². The molecule has 1 amide bonds. The number of carbonyl (C=O) groups is 1. The Kier molecular flexibility index (Phi) is 4.28. The summed E-state index contributed by atoms with van der Waals surface area (Å²) >= 11 is 0. The largest absolute Gasteiger partial charge is 0.388 e. The van der Waals surface area contributed by atoms with Crippen LogP contribution in [0.15, 0.2) is 0 Å². The molecule has 0 atom stereocenters. The molecule has 3 N–H and O–H groups in total. The molecule has 0 aromatic carbocycles. The van der Waals surface area contributed by atoms with Gasteiger partial charge in [-0.25, -0.2) is 0 Å². The third-order valence-corrected chi connectivity index (χ3v) is 4.47. The first-order chi connectivity index (χ1) is 8.54. The van der Waals surface area contributed by atoms with E-state index in [1.54, 1.807) is 0 Å². The second-order valence-corrected chi connectivity index (χ2v) is 6.06. The predicted octanol–water partition coefficient (Wildman–Crippen LogP) is 1.49. The Labute approximate surface area is 109 Å². The van der Waals surface area contributed by atoms with Gasteiger partial charge in [-0.3, -0.25) is 4.79 Å². The molecule has 0 aromatic heterocycles. The number of hydrogen-bond acceptors (Lipinski definition) is 3. The van der Waals surface area contributed by atoms with Crippen LogP contribution in [0.2, 0.25) is 0 Å². The van der Waals surface area contributed by atoms with Crippen molar-refractivity contribution in [3.63, 3.8) is 0 Å². The SMILES string of the molecule is O=C(NCC1(O)CCCCCC1)C1(O)CCCC1. The molecule has 0 aliphatic heterocycles. The van der Waals surface area contributed by atoms with Crippen LogP contribution in [0.25, 0.3) is 0 Å². The quantitative estimate of drug-likeness (QED) is 0.669. The Morgan fingerprint density at radius 2 is 1.39 bits per heavy atom. The van der Waals surface area contributed by atoms with Crippen LogP contribution in [-0.4, -0.2) is 33.9 Å². The topological polar surface area (TPSA) is 69.6 Å². The summed E-state index contributed by atoms with van der Waals surface area (Å²) in [5, 5.41) is 23.3. The van der Waals surface area contributed by atoms with Gasteiger partial charge in [-0.2, -0.15) is 0 Å². The van der Waals surface area contributed by atoms with Gasteiger partial charge >= 0.3 is 0 Å². The lowest BCUT2D eigenvalue weighted by Crippen LogP contribution is -2.50. The first kappa shape index (κ1) is 13.8. The molecule has 4 heteroatoms. The normalized spacial score (nSPS) is 26.6. The molecular weight excluding hydrogens is 230 g/mol. The molecule has 0 saturated heterocycles. The van der Waals surface area contributed by atoms with Gasteiger partial charge in [0.25, 0.3) is 5.91 Å². The molecule has 2 aliphatic rings. The van der Waals surface area contributed by atoms with Gasteiger partial charge in [-0.15, -0.1) is 0 Å². The average molecular weight is 255 g/mol. The van der Waals surface area contributed by atoms with E-state index in [9.17, 15) is 15.0 Å². The fourth-order valence-corrected chi connectivity index (χ4v) is 3.16. The summed E-state index contributed by atoms with van der Waals surface area (Å²) in [6.45, 7) is 0.286. The minimum Gasteiger partial charge on any atom is -0.388 e. The minimum atomic E-state index is -1.18. The Bertz CT molecular complexity index is 289. The summed E-state index contributed by atoms with van der Waals surface area (Å²) in [5.41, 5.74) is -1.94. The van der Waals surface area contributed by atoms with E-state index in [0.29, 0.717) is 12.8 Å². The van der Waals surface area contributed by atoms with Crippen LogP contribution in [0.1, 0.15) is 64.2 Å². The third kappa shape index (κ3) is 3.23. The zero-order valence-corrected chi connectivity index (χ0v) is 11.1. The highest BCUT2D eigenvalue weighted by Gasteiger charge is 2.39. The van der Waals surface area contributed by atoms with Gasteiger partial charge in [-0.05, 0) is 38.5 Å². The number of rotatable bonds is 3. The summed E-state index contributed by atoms with van der Waals surface area (Å²) in [6.07, 6.45) is 8.82. The van der Waals surface area contributed by atoms with E-state index in [1.807, 2.05) is 0 Å². The van der Waals surface area contributed by atoms with E-state index in [-0.39, 0.29) is 12.5 Å². The van der Waals surface area contributed by atoms with Crippen molar-refractivity contribution in [2.24, 2.45) is 0 Å². The summed E-state index contributed by atoms with van der Waals surface area (Å²) in [5.74, 6) is -0.294. The second-order valence-electron chi connectivity index (χ2n) is 6.06. The number of amides is 1. The first-order valence-electron chi connectivity index (χ1n) is 7.27. The highest BCUT2D eigenvalue weighted by molar-refractivity contribution is 5.85. The summed E-state index contributed by atoms with van der Waals surface area (Å²) in [6, 6.07) is 0. The molecule has 0 aromatic rings. The Hall–Kier alpha value is -0.610. The van der Waals surface area contributed by atoms with Crippen LogP contribution in [0.5, 0.6) is 0 Å². The molecule has 0 bridgehead atoms. The maximum atomic E-state index is 12.0. The summed E-state index contributed by atoms with van der Waals surface area (Å²) < 4.78 is 0. The molecule has 0 spiro atoms. The summed E-state index contributed by atoms with van der Waals surface area (Å²) in [7, 11) is 0. The smallest absolute Gasteiger partial charge is 0.252 e. The average Bonchev–Trinajstić information content (AvgIpc) is 2.68. The van der Waals surface area contributed by atoms with Crippen LogP contribution >= 0.6 is 0 Å². The highest BCUT2D eigenvalue weighted by Crippen LogP contribution is 2.30. The van der Waals surface area contributed by atoms with Crippen molar-refractivity contribution in [3.8, 4) is 0 Å². The van der Waals surface area contributed by atoms with Crippen LogP contribution in [0.4, 0.5) is 0 Å². The van der Waals surface area contributed by atoms with Gasteiger partial charge in [0.15, 0.2) is 0 Å². The molecule has 0 radical (unpaired) electrons. The maximum Gasteiger partial charge on any atom is 0.252 e. The molecule has 18 heavy (non-hydrogen) atoms. The molecule has 104 valence electrons. The molecular formula is C14H25NO3. The van der Waals surface area contributed by atoms with Crippen molar-refractivity contribution in [2.75, 3.05) is 6.54 Å². The highest BCUT2D eigenvalue weighted by atomic mass is 16.3. The van der Waals surface area contributed by atoms with E-state index in [1.165, 1.54) is 12.8 Å². The molecule has 2 aliphatic carbocycles. The fraction of sp³-hybridized carbons (Fsp3) is 0.929. The first-order valence-corrected chi connectivity index (χ1v) is 7.27. The van der Waals surface area contributed by atoms with Gasteiger partial charge in [-0.1, -0.05) is 25.7 Å². The van der Waals surface area contributed by atoms with Crippen molar-refractivity contribution in [1.29, 1.82) is 0 Å². The maximum absolute atomic E-state index is 12.0. The molecule has 0 unspecified atom stereocenters. The molecule has 0 heterocycles. The van der Waals surface area contributed by atoms with E-state index in [0.717, 1.165) is 38.5 Å². The van der Waals surface area contributed by atoms with Crippen molar-refractivity contribution >= 4 is 5.91 Å². The molecule has 4 nitrogen and oxygen atoms in total. The molecule has 2 rings (SSSR count). The van der Waals surface area contributed by atoms with Crippen molar-refractivity contribution in [2.45, 2.75) is 75.4 Å². The van der Waals surface area contributed by atoms with Crippen molar-refractivity contribution in [3.05, 3.63) is 0 Å². The van der Waals surface area contributed by atoms with Crippen molar-refractivity contribution < 1.29 is 15.0 Å². The zero-order valence-electron chi connectivity index (χ0n) is 11.1. The standard InChI is InChI=1S/C14H25NO3/c16-12(14(18)9-5-6-10-14)15-11-13(17)7-3-1-2-4-8-13/h17-18H,1-11H2,(H,15,16). The minimum absolute atomic E-state index is 0.286. The lowest BCUT2D eigenvalue weighted by atomic mass is 9.93. The number of carbonyl (C=O) groups excluding carboxylic acids is 1. The van der Waals surface area contributed by atoms with Crippen LogP contribution in [0, 0.1) is 0 Å². The van der Waals surface area contributed by atoms with Gasteiger partial charge in [0.2, 0.25) is 0 Å². The second kappa shape index (κ2) is 5.57. The monoisotopic (exact) mass is 255 g/mol. The van der Waals surface area contributed by atoms with E-state index >= 15 is 0 Å². The predicted molar refractivity (Wildman–Crippen MR) is 69.1 cm³/mol. The number of aliphatic hydroxyl groups is 2. The van der Waals surface area contributed by atoms with E-state index in [2.05, 4.69) is 5.32 Å². The van der Waals surface area contributed by atoms with Crippen LogP contribution < -0.4 is 5.32 Å². The van der Waals surface area contributed by atoms with Gasteiger partial charge < -0.3 is 15.5 Å². The van der Waals surface area contributed by atoms with Crippen LogP contribution in [0.3, 0.4) is 0 Å². The van der Waals surface area contributed by atoms with E-state index in [4.69, 9.17) is 0 Å². The van der Waals surface area contributed by atoms with Gasteiger partial charge in [0, 0.05) is 6.54 Å². The fourth-order valence-electron chi connectivity index (χ4n) is 3.16. The third-order valence-electron chi connectivity index (χ3n) is 4.47. The zero-order chi connectivity index (χ0) is 13.1. The van der Waals surface area contributed by atoms with Gasteiger partial charge in [0.05, 0.1) is 5.60 Å². The summed E-state index contributed by atoms with van der Waals surface area (Å²) in [4.78, 5) is 12.0. The molecule has 2 saturated carbocycles. The van der Waals surface area contributed by atoms with Gasteiger partial charge in [0.1, 0.15) is 5.60 Å². The number of hydrogen-bond donors (Lipinski definition) is 3. The lowest BCUT2D eigenvalue weighted by Gasteiger charge is -2.29. The lowest BCUT2D eigenvalue weighted by molar-refractivity contribution is -0.140. The van der Waals surface area contributed by atoms with Crippen molar-refractivity contribution in [1.82, 2.24) is 5.32 Å². The van der Waals surface area contributed by atoms with E-state index < -0.39 is 11.2 Å². The molecule has 2 fully saturated rings. The Balaban J connectivity index is 1.84. The Morgan fingerprint density at radius 3 is 1.94 bits per heavy atom. The Morgan fingerprint density at radius 1 is 0.889 bits per heavy atom. The number of nitrogens with one attached hydrogen (secondary N) is 1.